The molecule has 0 saturated heterocycles. The summed E-state index contributed by atoms with van der Waals surface area (Å²) in [6, 6.07) is 12.6. The number of aryl methyl sites for hydroxylation is 1. The van der Waals surface area contributed by atoms with E-state index < -0.39 is 12.4 Å². The first-order valence-corrected chi connectivity index (χ1v) is 5.94. The van der Waals surface area contributed by atoms with Gasteiger partial charge >= 0.3 is 6.98 Å². The molecule has 0 unspecified atom stereocenters. The molecule has 0 radical (unpaired) electrons. The van der Waals surface area contributed by atoms with Gasteiger partial charge in [-0.25, -0.2) is 0 Å². The van der Waals surface area contributed by atoms with Gasteiger partial charge in [0.2, 0.25) is 0 Å². The molecule has 100 valence electrons. The van der Waals surface area contributed by atoms with Crippen LogP contribution in [0.2, 0.25) is 0 Å². The molecule has 0 heterocycles. The molecule has 2 aromatic rings. The molecule has 19 heavy (non-hydrogen) atoms. The third kappa shape index (κ3) is 3.53. The van der Waals surface area contributed by atoms with E-state index >= 15 is 0 Å². The summed E-state index contributed by atoms with van der Waals surface area (Å²) in [4.78, 5) is 0. The van der Waals surface area contributed by atoms with Crippen LogP contribution < -0.4 is 10.2 Å². The molecular formula is C14H13BF3O-. The van der Waals surface area contributed by atoms with Gasteiger partial charge in [0.15, 0.2) is 0 Å². The fraction of sp³-hybridized carbons (Fsp3) is 0.143. The molecule has 5 heteroatoms. The number of halogens is 3. The number of benzene rings is 2. The molecule has 0 fully saturated rings. The average Bonchev–Trinajstić information content (AvgIpc) is 2.37. The van der Waals surface area contributed by atoms with Gasteiger partial charge in [-0.1, -0.05) is 36.4 Å². The van der Waals surface area contributed by atoms with Gasteiger partial charge in [-0.15, -0.1) is 5.46 Å². The van der Waals surface area contributed by atoms with Gasteiger partial charge in [0.1, 0.15) is 12.4 Å². The van der Waals surface area contributed by atoms with Crippen LogP contribution in [0.3, 0.4) is 0 Å². The first-order valence-electron chi connectivity index (χ1n) is 5.94. The summed E-state index contributed by atoms with van der Waals surface area (Å²) in [6.07, 6.45) is 0. The first-order chi connectivity index (χ1) is 8.97. The highest BCUT2D eigenvalue weighted by Crippen LogP contribution is 2.16. The molecule has 0 N–H and O–H groups in total. The van der Waals surface area contributed by atoms with E-state index in [1.807, 2.05) is 31.2 Å². The van der Waals surface area contributed by atoms with E-state index in [0.717, 1.165) is 23.3 Å². The number of rotatable bonds is 4. The average molecular weight is 265 g/mol. The molecule has 0 spiro atoms. The summed E-state index contributed by atoms with van der Waals surface area (Å²) in [5.41, 5.74) is 1.38. The zero-order valence-electron chi connectivity index (χ0n) is 10.4. The molecule has 0 bridgehead atoms. The molecule has 0 saturated carbocycles. The molecule has 0 aliphatic carbocycles. The van der Waals surface area contributed by atoms with Crippen molar-refractivity contribution in [2.24, 2.45) is 0 Å². The monoisotopic (exact) mass is 265 g/mol. The van der Waals surface area contributed by atoms with Crippen molar-refractivity contribution in [2.45, 2.75) is 13.5 Å². The van der Waals surface area contributed by atoms with Gasteiger partial charge < -0.3 is 17.7 Å². The highest BCUT2D eigenvalue weighted by atomic mass is 19.4. The van der Waals surface area contributed by atoms with Crippen molar-refractivity contribution in [3.63, 3.8) is 0 Å². The third-order valence-corrected chi connectivity index (χ3v) is 2.89. The molecule has 1 nitrogen and oxygen atoms in total. The van der Waals surface area contributed by atoms with Gasteiger partial charge in [0.05, 0.1) is 0 Å². The third-order valence-electron chi connectivity index (χ3n) is 2.89. The Labute approximate surface area is 110 Å². The van der Waals surface area contributed by atoms with Crippen LogP contribution in [0.4, 0.5) is 12.9 Å². The molecule has 0 aromatic heterocycles. The van der Waals surface area contributed by atoms with E-state index in [1.54, 1.807) is 0 Å². The maximum absolute atomic E-state index is 12.6. The second-order valence-corrected chi connectivity index (χ2v) is 4.36. The lowest BCUT2D eigenvalue weighted by atomic mass is 9.80. The van der Waals surface area contributed by atoms with E-state index in [0.29, 0.717) is 0 Å². The predicted molar refractivity (Wildman–Crippen MR) is 70.7 cm³/mol. The maximum atomic E-state index is 12.6. The molecule has 2 aromatic carbocycles. The van der Waals surface area contributed by atoms with E-state index in [-0.39, 0.29) is 12.4 Å². The Morgan fingerprint density at radius 3 is 2.42 bits per heavy atom. The quantitative estimate of drug-likeness (QED) is 0.767. The lowest BCUT2D eigenvalue weighted by Gasteiger charge is -2.16. The van der Waals surface area contributed by atoms with E-state index in [4.69, 9.17) is 4.74 Å². The number of ether oxygens (including phenoxy) is 1. The van der Waals surface area contributed by atoms with Crippen molar-refractivity contribution in [1.82, 2.24) is 0 Å². The van der Waals surface area contributed by atoms with Gasteiger partial charge in [-0.2, -0.15) is 0 Å². The second-order valence-electron chi connectivity index (χ2n) is 4.36. The zero-order valence-corrected chi connectivity index (χ0v) is 10.4. The van der Waals surface area contributed by atoms with Crippen molar-refractivity contribution in [3.8, 4) is 5.75 Å². The fourth-order valence-electron chi connectivity index (χ4n) is 1.74. The zero-order chi connectivity index (χ0) is 13.9. The highest BCUT2D eigenvalue weighted by Gasteiger charge is 2.25. The summed E-state index contributed by atoms with van der Waals surface area (Å²) in [5, 5.41) is 0. The topological polar surface area (TPSA) is 9.23 Å². The minimum Gasteiger partial charge on any atom is -0.489 e. The van der Waals surface area contributed by atoms with Crippen LogP contribution in [0.25, 0.3) is 0 Å². The lowest BCUT2D eigenvalue weighted by Crippen LogP contribution is -2.33. The standard InChI is InChI=1S/C14H13BF3O/c1-11-5-2-3-6-12(11)10-19-14-8-4-7-13(9-14)15(16,17)18/h2-9H,10H2,1H3/q-1. The minimum absolute atomic E-state index is 0.236. The first kappa shape index (κ1) is 13.5. The molecule has 2 rings (SSSR count). The lowest BCUT2D eigenvalue weighted by molar-refractivity contribution is 0.305. The molecule has 0 aliphatic rings. The van der Waals surface area contributed by atoms with Crippen molar-refractivity contribution in [3.05, 3.63) is 59.7 Å². The number of hydrogen-bond acceptors (Lipinski definition) is 1. The summed E-state index contributed by atoms with van der Waals surface area (Å²) in [7, 11) is 0. The van der Waals surface area contributed by atoms with Crippen LogP contribution in [0.15, 0.2) is 48.5 Å². The Hall–Kier alpha value is -1.91. The van der Waals surface area contributed by atoms with Crippen LogP contribution in [-0.2, 0) is 6.61 Å². The largest absolute Gasteiger partial charge is 0.509 e. The predicted octanol–water partition coefficient (Wildman–Crippen LogP) is 3.63. The fourth-order valence-corrected chi connectivity index (χ4v) is 1.74. The summed E-state index contributed by atoms with van der Waals surface area (Å²) < 4.78 is 43.2. The van der Waals surface area contributed by atoms with Gasteiger partial charge in [0.25, 0.3) is 0 Å². The van der Waals surface area contributed by atoms with Crippen molar-refractivity contribution < 1.29 is 17.7 Å². The Morgan fingerprint density at radius 1 is 1.00 bits per heavy atom. The van der Waals surface area contributed by atoms with Crippen LogP contribution in [0, 0.1) is 6.92 Å². The highest BCUT2D eigenvalue weighted by molar-refractivity contribution is 6.73. The normalized spacial score (nSPS) is 11.4. The smallest absolute Gasteiger partial charge is 0.489 e. The Morgan fingerprint density at radius 2 is 1.74 bits per heavy atom. The van der Waals surface area contributed by atoms with Gasteiger partial charge in [-0.3, -0.25) is 0 Å². The van der Waals surface area contributed by atoms with Gasteiger partial charge in [0, 0.05) is 0 Å². The Bertz CT molecular complexity index is 567. The SMILES string of the molecule is Cc1ccccc1COc1cccc([B-](F)(F)F)c1. The molecule has 0 aliphatic heterocycles. The van der Waals surface area contributed by atoms with Crippen molar-refractivity contribution in [2.75, 3.05) is 0 Å². The van der Waals surface area contributed by atoms with Crippen LogP contribution in [0.1, 0.15) is 11.1 Å². The van der Waals surface area contributed by atoms with E-state index in [1.165, 1.54) is 12.1 Å². The van der Waals surface area contributed by atoms with Crippen molar-refractivity contribution in [1.29, 1.82) is 0 Å². The summed E-state index contributed by atoms with van der Waals surface area (Å²) >= 11 is 0. The van der Waals surface area contributed by atoms with Crippen LogP contribution in [-0.4, -0.2) is 6.98 Å². The van der Waals surface area contributed by atoms with Gasteiger partial charge in [-0.05, 0) is 30.2 Å². The Balaban J connectivity index is 2.10. The molecule has 0 atom stereocenters. The summed E-state index contributed by atoms with van der Waals surface area (Å²) in [5.74, 6) is 0.236. The maximum Gasteiger partial charge on any atom is 0.509 e. The van der Waals surface area contributed by atoms with Crippen LogP contribution in [0.5, 0.6) is 5.75 Å². The van der Waals surface area contributed by atoms with Crippen LogP contribution >= 0.6 is 0 Å². The summed E-state index contributed by atoms with van der Waals surface area (Å²) in [6.45, 7) is -2.78. The van der Waals surface area contributed by atoms with Crippen molar-refractivity contribution >= 4 is 12.4 Å². The number of hydrogen-bond donors (Lipinski definition) is 0. The van der Waals surface area contributed by atoms with E-state index in [2.05, 4.69) is 0 Å². The second kappa shape index (κ2) is 5.39. The van der Waals surface area contributed by atoms with E-state index in [9.17, 15) is 12.9 Å². The molecule has 0 amide bonds. The Kier molecular flexibility index (Phi) is 3.83. The molecular weight excluding hydrogens is 252 g/mol. The minimum atomic E-state index is -4.98.